The zero-order chi connectivity index (χ0) is 20.4. The van der Waals surface area contributed by atoms with Crippen molar-refractivity contribution in [1.29, 1.82) is 0 Å². The van der Waals surface area contributed by atoms with Gasteiger partial charge in [-0.25, -0.2) is 0 Å². The van der Waals surface area contributed by atoms with E-state index in [-0.39, 0.29) is 41.1 Å². The summed E-state index contributed by atoms with van der Waals surface area (Å²) >= 11 is 5.98. The van der Waals surface area contributed by atoms with E-state index in [1.165, 1.54) is 24.3 Å². The van der Waals surface area contributed by atoms with Crippen LogP contribution in [0.25, 0.3) is 10.9 Å². The maximum Gasteiger partial charge on any atom is 0.270 e. The van der Waals surface area contributed by atoms with Crippen molar-refractivity contribution >= 4 is 45.6 Å². The number of fused-ring (bicyclic) bond motifs is 1. The van der Waals surface area contributed by atoms with Crippen LogP contribution in [0.3, 0.4) is 0 Å². The summed E-state index contributed by atoms with van der Waals surface area (Å²) < 4.78 is 0. The van der Waals surface area contributed by atoms with Crippen molar-refractivity contribution < 1.29 is 14.5 Å². The first-order valence-corrected chi connectivity index (χ1v) is 9.04. The van der Waals surface area contributed by atoms with Gasteiger partial charge in [0.25, 0.3) is 5.69 Å². The molecule has 3 aromatic rings. The molecule has 0 aliphatic heterocycles. The first-order valence-electron chi connectivity index (χ1n) is 8.66. The smallest absolute Gasteiger partial charge is 0.270 e. The molecule has 144 valence electrons. The van der Waals surface area contributed by atoms with E-state index in [0.29, 0.717) is 21.5 Å². The van der Waals surface area contributed by atoms with Gasteiger partial charge in [0.2, 0.25) is 11.7 Å². The Bertz CT molecular complexity index is 1090. The summed E-state index contributed by atoms with van der Waals surface area (Å²) in [5, 5.41) is 14.7. The molecule has 28 heavy (non-hydrogen) atoms. The van der Waals surface area contributed by atoms with Gasteiger partial charge in [0.15, 0.2) is 0 Å². The Balaban J connectivity index is 2.14. The number of anilines is 1. The fourth-order valence-corrected chi connectivity index (χ4v) is 3.12. The van der Waals surface area contributed by atoms with Crippen molar-refractivity contribution in [2.75, 3.05) is 5.32 Å². The van der Waals surface area contributed by atoms with Gasteiger partial charge in [0.05, 0.1) is 10.6 Å². The number of amides is 1. The first kappa shape index (κ1) is 19.6. The van der Waals surface area contributed by atoms with E-state index in [0.717, 1.165) is 0 Å². The number of halogens is 1. The molecule has 0 fully saturated rings. The summed E-state index contributed by atoms with van der Waals surface area (Å²) in [5.41, 5.74) is 1.10. The summed E-state index contributed by atoms with van der Waals surface area (Å²) in [5.74, 6) is -0.532. The first-order chi connectivity index (χ1) is 13.3. The van der Waals surface area contributed by atoms with Crippen molar-refractivity contribution in [1.82, 2.24) is 4.98 Å². The standard InChI is InChI=1S/C20H18ClN3O4/c1-11(2)8-17(25)23-18-15-10-14(24(27)28)6-7-16(15)22-19(18)20(26)12-4-3-5-13(21)9-12/h3-7,9-11,22H,8H2,1-2H3,(H,23,25). The highest BCUT2D eigenvalue weighted by Gasteiger charge is 2.23. The number of nitro groups is 1. The van der Waals surface area contributed by atoms with Crippen LogP contribution >= 0.6 is 11.6 Å². The van der Waals surface area contributed by atoms with Gasteiger partial charge < -0.3 is 10.3 Å². The lowest BCUT2D eigenvalue weighted by atomic mass is 10.1. The lowest BCUT2D eigenvalue weighted by Crippen LogP contribution is -2.16. The summed E-state index contributed by atoms with van der Waals surface area (Å²) in [4.78, 5) is 39.0. The van der Waals surface area contributed by atoms with Gasteiger partial charge in [0, 0.05) is 40.0 Å². The number of benzene rings is 2. The van der Waals surface area contributed by atoms with Crippen LogP contribution in [-0.2, 0) is 4.79 Å². The highest BCUT2D eigenvalue weighted by Crippen LogP contribution is 2.33. The maximum absolute atomic E-state index is 13.0. The van der Waals surface area contributed by atoms with Crippen LogP contribution in [0.2, 0.25) is 5.02 Å². The maximum atomic E-state index is 13.0. The number of ketones is 1. The van der Waals surface area contributed by atoms with Crippen molar-refractivity contribution in [3.63, 3.8) is 0 Å². The Hall–Kier alpha value is -3.19. The molecule has 1 heterocycles. The molecular weight excluding hydrogens is 382 g/mol. The normalized spacial score (nSPS) is 11.0. The highest BCUT2D eigenvalue weighted by atomic mass is 35.5. The third-order valence-electron chi connectivity index (χ3n) is 4.16. The van der Waals surface area contributed by atoms with Crippen LogP contribution in [0.5, 0.6) is 0 Å². The van der Waals surface area contributed by atoms with Crippen molar-refractivity contribution in [2.24, 2.45) is 5.92 Å². The minimum Gasteiger partial charge on any atom is -0.350 e. The number of rotatable bonds is 6. The second-order valence-electron chi connectivity index (χ2n) is 6.85. The zero-order valence-corrected chi connectivity index (χ0v) is 16.0. The monoisotopic (exact) mass is 399 g/mol. The number of hydrogen-bond acceptors (Lipinski definition) is 4. The number of non-ortho nitro benzene ring substituents is 1. The molecular formula is C20H18ClN3O4. The minimum absolute atomic E-state index is 0.117. The van der Waals surface area contributed by atoms with Gasteiger partial charge in [-0.2, -0.15) is 0 Å². The molecule has 0 atom stereocenters. The van der Waals surface area contributed by atoms with Crippen molar-refractivity contribution in [3.8, 4) is 0 Å². The number of aromatic amines is 1. The van der Waals surface area contributed by atoms with E-state index >= 15 is 0 Å². The fraction of sp³-hybridized carbons (Fsp3) is 0.200. The number of nitrogens with one attached hydrogen (secondary N) is 2. The molecule has 0 aliphatic carbocycles. The molecule has 3 rings (SSSR count). The number of nitrogens with zero attached hydrogens (tertiary/aromatic N) is 1. The van der Waals surface area contributed by atoms with Crippen LogP contribution in [0.15, 0.2) is 42.5 Å². The second-order valence-corrected chi connectivity index (χ2v) is 7.28. The molecule has 0 radical (unpaired) electrons. The average Bonchev–Trinajstić information content (AvgIpc) is 2.98. The van der Waals surface area contributed by atoms with Crippen LogP contribution in [0.4, 0.5) is 11.4 Å². The van der Waals surface area contributed by atoms with E-state index < -0.39 is 4.92 Å². The summed E-state index contributed by atoms with van der Waals surface area (Å²) in [6.07, 6.45) is 0.256. The lowest BCUT2D eigenvalue weighted by Gasteiger charge is -2.09. The van der Waals surface area contributed by atoms with Gasteiger partial charge in [-0.05, 0) is 24.1 Å². The Labute approximate surface area is 165 Å². The lowest BCUT2D eigenvalue weighted by molar-refractivity contribution is -0.384. The Morgan fingerprint density at radius 3 is 2.61 bits per heavy atom. The molecule has 2 aromatic carbocycles. The fourth-order valence-electron chi connectivity index (χ4n) is 2.93. The van der Waals surface area contributed by atoms with Crippen LogP contribution < -0.4 is 5.32 Å². The Kier molecular flexibility index (Phi) is 5.46. The molecule has 7 nitrogen and oxygen atoms in total. The van der Waals surface area contributed by atoms with E-state index in [1.54, 1.807) is 18.2 Å². The summed E-state index contributed by atoms with van der Waals surface area (Å²) in [6, 6.07) is 10.6. The summed E-state index contributed by atoms with van der Waals surface area (Å²) in [6.45, 7) is 3.80. The minimum atomic E-state index is -0.523. The zero-order valence-electron chi connectivity index (χ0n) is 15.3. The van der Waals surface area contributed by atoms with Gasteiger partial charge >= 0.3 is 0 Å². The molecule has 8 heteroatoms. The average molecular weight is 400 g/mol. The molecule has 1 amide bonds. The van der Waals surface area contributed by atoms with E-state index in [9.17, 15) is 19.7 Å². The number of hydrogen-bond donors (Lipinski definition) is 2. The van der Waals surface area contributed by atoms with Crippen LogP contribution in [0, 0.1) is 16.0 Å². The van der Waals surface area contributed by atoms with Crippen molar-refractivity contribution in [3.05, 3.63) is 68.9 Å². The summed E-state index contributed by atoms with van der Waals surface area (Å²) in [7, 11) is 0. The number of nitro benzene ring substituents is 1. The van der Waals surface area contributed by atoms with E-state index in [1.807, 2.05) is 13.8 Å². The highest BCUT2D eigenvalue weighted by molar-refractivity contribution is 6.31. The number of carbonyl (C=O) groups is 2. The predicted molar refractivity (Wildman–Crippen MR) is 108 cm³/mol. The van der Waals surface area contributed by atoms with Gasteiger partial charge in [-0.1, -0.05) is 37.6 Å². The molecule has 0 saturated carbocycles. The Morgan fingerprint density at radius 2 is 1.96 bits per heavy atom. The largest absolute Gasteiger partial charge is 0.350 e. The second kappa shape index (κ2) is 7.82. The van der Waals surface area contributed by atoms with Gasteiger partial charge in [0.1, 0.15) is 5.69 Å². The molecule has 1 aromatic heterocycles. The molecule has 2 N–H and O–H groups in total. The third kappa shape index (κ3) is 4.04. The predicted octanol–water partition coefficient (Wildman–Crippen LogP) is 4.95. The molecule has 0 spiro atoms. The number of carbonyl (C=O) groups excluding carboxylic acids is 2. The molecule has 0 unspecified atom stereocenters. The molecule has 0 aliphatic rings. The molecule has 0 saturated heterocycles. The quantitative estimate of drug-likeness (QED) is 0.347. The number of aromatic nitrogens is 1. The van der Waals surface area contributed by atoms with E-state index in [2.05, 4.69) is 10.3 Å². The third-order valence-corrected chi connectivity index (χ3v) is 4.40. The number of H-pyrrole nitrogens is 1. The van der Waals surface area contributed by atoms with E-state index in [4.69, 9.17) is 11.6 Å². The topological polar surface area (TPSA) is 105 Å². The SMILES string of the molecule is CC(C)CC(=O)Nc1c(C(=O)c2cccc(Cl)c2)[nH]c2ccc([N+](=O)[O-])cc12. The van der Waals surface area contributed by atoms with Crippen LogP contribution in [0.1, 0.15) is 36.3 Å². The van der Waals surface area contributed by atoms with Gasteiger partial charge in [-0.15, -0.1) is 0 Å². The Morgan fingerprint density at radius 1 is 1.21 bits per heavy atom. The van der Waals surface area contributed by atoms with Crippen molar-refractivity contribution in [2.45, 2.75) is 20.3 Å². The molecule has 0 bridgehead atoms. The van der Waals surface area contributed by atoms with Crippen LogP contribution in [-0.4, -0.2) is 21.6 Å². The van der Waals surface area contributed by atoms with Gasteiger partial charge in [-0.3, -0.25) is 19.7 Å².